The minimum atomic E-state index is -0.104. The Kier molecular flexibility index (Phi) is 8.71. The van der Waals surface area contributed by atoms with Gasteiger partial charge in [0.05, 0.1) is 19.3 Å². The van der Waals surface area contributed by atoms with Crippen molar-refractivity contribution < 1.29 is 9.84 Å². The van der Waals surface area contributed by atoms with E-state index >= 15 is 0 Å². The molecule has 3 N–H and O–H groups in total. The lowest BCUT2D eigenvalue weighted by Crippen LogP contribution is -2.45. The number of hydrogen-bond donors (Lipinski definition) is 3. The van der Waals surface area contributed by atoms with Crippen molar-refractivity contribution in [2.75, 3.05) is 45.9 Å². The molecule has 0 atom stereocenters. The highest BCUT2D eigenvalue weighted by Gasteiger charge is 2.19. The third-order valence-electron chi connectivity index (χ3n) is 4.64. The summed E-state index contributed by atoms with van der Waals surface area (Å²) < 4.78 is 5.37. The minimum Gasteiger partial charge on any atom is -0.393 e. The predicted octanol–water partition coefficient (Wildman–Crippen LogP) is 0.957. The van der Waals surface area contributed by atoms with Crippen LogP contribution in [0.3, 0.4) is 0 Å². The second-order valence-corrected chi connectivity index (χ2v) is 6.57. The highest BCUT2D eigenvalue weighted by Crippen LogP contribution is 2.18. The Labute approximate surface area is 140 Å². The summed E-state index contributed by atoms with van der Waals surface area (Å²) in [6.07, 6.45) is 6.07. The van der Waals surface area contributed by atoms with Gasteiger partial charge in [-0.2, -0.15) is 0 Å². The van der Waals surface area contributed by atoms with Crippen molar-refractivity contribution in [2.24, 2.45) is 4.99 Å². The smallest absolute Gasteiger partial charge is 0.191 e. The number of hydrogen-bond acceptors (Lipinski definition) is 4. The number of aliphatic hydroxyl groups is 1. The fourth-order valence-corrected chi connectivity index (χ4v) is 3.20. The lowest BCUT2D eigenvalue weighted by Gasteiger charge is -2.27. The molecule has 1 aliphatic carbocycles. The van der Waals surface area contributed by atoms with E-state index in [-0.39, 0.29) is 6.10 Å². The monoisotopic (exact) mass is 326 g/mol. The van der Waals surface area contributed by atoms with Crippen molar-refractivity contribution in [1.29, 1.82) is 0 Å². The molecule has 0 radical (unpaired) electrons. The van der Waals surface area contributed by atoms with Crippen LogP contribution >= 0.6 is 0 Å². The van der Waals surface area contributed by atoms with E-state index in [0.717, 1.165) is 84.0 Å². The molecule has 6 heteroatoms. The first-order valence-electron chi connectivity index (χ1n) is 9.31. The summed E-state index contributed by atoms with van der Waals surface area (Å²) in [5.74, 6) is 0.931. The summed E-state index contributed by atoms with van der Waals surface area (Å²) >= 11 is 0. The van der Waals surface area contributed by atoms with E-state index in [1.807, 2.05) is 0 Å². The maximum absolute atomic E-state index is 9.59. The fourth-order valence-electron chi connectivity index (χ4n) is 3.20. The molecule has 0 aromatic heterocycles. The van der Waals surface area contributed by atoms with Crippen molar-refractivity contribution in [2.45, 2.75) is 57.6 Å². The molecule has 134 valence electrons. The number of rotatable bonds is 7. The Morgan fingerprint density at radius 2 is 1.91 bits per heavy atom. The Morgan fingerprint density at radius 3 is 2.61 bits per heavy atom. The van der Waals surface area contributed by atoms with E-state index in [0.29, 0.717) is 6.04 Å². The summed E-state index contributed by atoms with van der Waals surface area (Å²) in [5, 5.41) is 16.4. The van der Waals surface area contributed by atoms with Gasteiger partial charge in [0.15, 0.2) is 5.96 Å². The number of ether oxygens (including phenoxy) is 1. The summed E-state index contributed by atoms with van der Waals surface area (Å²) in [7, 11) is 0. The summed E-state index contributed by atoms with van der Waals surface area (Å²) in [4.78, 5) is 7.17. The van der Waals surface area contributed by atoms with Gasteiger partial charge >= 0.3 is 0 Å². The second kappa shape index (κ2) is 10.8. The van der Waals surface area contributed by atoms with Gasteiger partial charge in [-0.25, -0.2) is 0 Å². The second-order valence-electron chi connectivity index (χ2n) is 6.57. The molecule has 1 heterocycles. The summed E-state index contributed by atoms with van der Waals surface area (Å²) in [5.41, 5.74) is 0. The molecule has 0 aromatic rings. The molecule has 6 nitrogen and oxygen atoms in total. The fraction of sp³-hybridized carbons (Fsp3) is 0.941. The third kappa shape index (κ3) is 7.50. The topological polar surface area (TPSA) is 69.1 Å². The first kappa shape index (κ1) is 18.5. The van der Waals surface area contributed by atoms with Crippen LogP contribution in [-0.2, 0) is 4.74 Å². The quantitative estimate of drug-likeness (QED) is 0.369. The van der Waals surface area contributed by atoms with Crippen LogP contribution in [0.25, 0.3) is 0 Å². The molecule has 1 saturated carbocycles. The highest BCUT2D eigenvalue weighted by molar-refractivity contribution is 5.80. The maximum Gasteiger partial charge on any atom is 0.191 e. The van der Waals surface area contributed by atoms with Gasteiger partial charge < -0.3 is 20.5 Å². The third-order valence-corrected chi connectivity index (χ3v) is 4.64. The molecule has 23 heavy (non-hydrogen) atoms. The van der Waals surface area contributed by atoms with Crippen LogP contribution in [0.2, 0.25) is 0 Å². The predicted molar refractivity (Wildman–Crippen MR) is 93.9 cm³/mol. The van der Waals surface area contributed by atoms with Gasteiger partial charge in [-0.1, -0.05) is 0 Å². The number of aliphatic hydroxyl groups excluding tert-OH is 1. The SMILES string of the molecule is CCNC(=NCCCCN1CCOCC1)NC1CCC(O)CC1. The van der Waals surface area contributed by atoms with Crippen molar-refractivity contribution in [3.63, 3.8) is 0 Å². The summed E-state index contributed by atoms with van der Waals surface area (Å²) in [6.45, 7) is 8.90. The van der Waals surface area contributed by atoms with Crippen LogP contribution < -0.4 is 10.6 Å². The zero-order valence-corrected chi connectivity index (χ0v) is 14.6. The average Bonchev–Trinajstić information content (AvgIpc) is 2.57. The maximum atomic E-state index is 9.59. The molecule has 1 aliphatic heterocycles. The molecular weight excluding hydrogens is 292 g/mol. The molecule has 0 unspecified atom stereocenters. The van der Waals surface area contributed by atoms with Gasteiger partial charge in [-0.05, 0) is 52.0 Å². The van der Waals surface area contributed by atoms with Crippen molar-refractivity contribution >= 4 is 5.96 Å². The Balaban J connectivity index is 1.62. The van der Waals surface area contributed by atoms with Crippen molar-refractivity contribution in [1.82, 2.24) is 15.5 Å². The van der Waals surface area contributed by atoms with Gasteiger partial charge in [0, 0.05) is 32.2 Å². The van der Waals surface area contributed by atoms with Crippen LogP contribution in [0.15, 0.2) is 4.99 Å². The number of nitrogens with zero attached hydrogens (tertiary/aromatic N) is 2. The zero-order valence-electron chi connectivity index (χ0n) is 14.6. The molecule has 0 aromatic carbocycles. The van der Waals surface area contributed by atoms with E-state index < -0.39 is 0 Å². The van der Waals surface area contributed by atoms with E-state index in [4.69, 9.17) is 9.73 Å². The Hall–Kier alpha value is -0.850. The highest BCUT2D eigenvalue weighted by atomic mass is 16.5. The van der Waals surface area contributed by atoms with Gasteiger partial charge in [0.2, 0.25) is 0 Å². The molecule has 0 spiro atoms. The number of aliphatic imine (C=N–C) groups is 1. The number of unbranched alkanes of at least 4 members (excludes halogenated alkanes) is 1. The van der Waals surface area contributed by atoms with Crippen LogP contribution in [0.5, 0.6) is 0 Å². The van der Waals surface area contributed by atoms with Gasteiger partial charge in [0.25, 0.3) is 0 Å². The first-order chi connectivity index (χ1) is 11.3. The lowest BCUT2D eigenvalue weighted by atomic mass is 9.93. The number of morpholine rings is 1. The van der Waals surface area contributed by atoms with E-state index in [9.17, 15) is 5.11 Å². The lowest BCUT2D eigenvalue weighted by molar-refractivity contribution is 0.0373. The number of nitrogens with one attached hydrogen (secondary N) is 2. The average molecular weight is 326 g/mol. The Bertz CT molecular complexity index is 337. The van der Waals surface area contributed by atoms with E-state index in [1.165, 1.54) is 6.42 Å². The molecule has 0 bridgehead atoms. The molecule has 2 rings (SSSR count). The van der Waals surface area contributed by atoms with Crippen molar-refractivity contribution in [3.05, 3.63) is 0 Å². The van der Waals surface area contributed by atoms with Crippen LogP contribution in [0.1, 0.15) is 45.4 Å². The first-order valence-corrected chi connectivity index (χ1v) is 9.31. The molecule has 2 fully saturated rings. The van der Waals surface area contributed by atoms with Gasteiger partial charge in [-0.15, -0.1) is 0 Å². The molecular formula is C17H34N4O2. The summed E-state index contributed by atoms with van der Waals surface area (Å²) in [6, 6.07) is 0.449. The van der Waals surface area contributed by atoms with Gasteiger partial charge in [-0.3, -0.25) is 9.89 Å². The standard InChI is InChI=1S/C17H34N4O2/c1-2-18-17(20-15-5-7-16(22)8-6-15)19-9-3-4-10-21-11-13-23-14-12-21/h15-16,22H,2-14H2,1H3,(H2,18,19,20). The largest absolute Gasteiger partial charge is 0.393 e. The zero-order chi connectivity index (χ0) is 16.3. The Morgan fingerprint density at radius 1 is 1.17 bits per heavy atom. The molecule has 1 saturated heterocycles. The minimum absolute atomic E-state index is 0.104. The van der Waals surface area contributed by atoms with Crippen molar-refractivity contribution in [3.8, 4) is 0 Å². The number of guanidine groups is 1. The van der Waals surface area contributed by atoms with E-state index in [1.54, 1.807) is 0 Å². The van der Waals surface area contributed by atoms with E-state index in [2.05, 4.69) is 22.5 Å². The van der Waals surface area contributed by atoms with Crippen LogP contribution in [0, 0.1) is 0 Å². The normalized spacial score (nSPS) is 27.0. The van der Waals surface area contributed by atoms with Gasteiger partial charge in [0.1, 0.15) is 0 Å². The van der Waals surface area contributed by atoms with Crippen LogP contribution in [0.4, 0.5) is 0 Å². The van der Waals surface area contributed by atoms with Crippen LogP contribution in [-0.4, -0.2) is 74.0 Å². The molecule has 0 amide bonds. The molecule has 2 aliphatic rings.